The number of rotatable bonds is 17. The fourth-order valence-corrected chi connectivity index (χ4v) is 5.40. The molecule has 0 aromatic rings. The third-order valence-electron chi connectivity index (χ3n) is 6.65. The Morgan fingerprint density at radius 1 is 0.410 bits per heavy atom. The van der Waals surface area contributed by atoms with Gasteiger partial charge in [0.1, 0.15) is 0 Å². The van der Waals surface area contributed by atoms with Crippen molar-refractivity contribution in [3.63, 3.8) is 0 Å². The number of alkyl halides is 2. The molecule has 0 radical (unpaired) electrons. The zero-order valence-corrected chi connectivity index (χ0v) is 28.2. The lowest BCUT2D eigenvalue weighted by Gasteiger charge is -2.65. The van der Waals surface area contributed by atoms with Crippen molar-refractivity contribution in [2.24, 2.45) is 0 Å². The lowest BCUT2D eigenvalue weighted by molar-refractivity contribution is -0.555. The molecule has 0 rings (SSSR count). The third kappa shape index (κ3) is 6.88. The summed E-state index contributed by atoms with van der Waals surface area (Å²) in [6.45, 7) is 0.209. The van der Waals surface area contributed by atoms with Crippen LogP contribution in [0, 0.1) is 0 Å². The number of hydroxylamine groups is 4. The molecule has 2 unspecified atom stereocenters. The number of likely N-dealkylation sites (N-methyl/N-ethyl adjacent to an activating group) is 2. The molecule has 0 fully saturated rings. The van der Waals surface area contributed by atoms with Gasteiger partial charge in [-0.2, -0.15) is 13.8 Å². The summed E-state index contributed by atoms with van der Waals surface area (Å²) in [7, 11) is 33.1. The topological polar surface area (TPSA) is 54.1 Å². The minimum atomic E-state index is -3.18. The van der Waals surface area contributed by atoms with Gasteiger partial charge in [0, 0.05) is 7.05 Å². The number of hydrogen-bond acceptors (Lipinski definition) is 13. The number of nitrogens with zero attached hydrogens (tertiary/aromatic N) is 11. The summed E-state index contributed by atoms with van der Waals surface area (Å²) in [5.74, 6) is -8.83. The highest BCUT2D eigenvalue weighted by Gasteiger charge is 2.68. The van der Waals surface area contributed by atoms with E-state index in [1.54, 1.807) is 11.9 Å². The van der Waals surface area contributed by atoms with Crippen molar-refractivity contribution < 1.29 is 18.5 Å². The van der Waals surface area contributed by atoms with E-state index in [0.717, 1.165) is 9.80 Å². The highest BCUT2D eigenvalue weighted by molar-refractivity contribution is 4.93. The quantitative estimate of drug-likeness (QED) is 0.129. The Morgan fingerprint density at radius 3 is 0.872 bits per heavy atom. The van der Waals surface area contributed by atoms with Crippen LogP contribution in [0.2, 0.25) is 0 Å². The van der Waals surface area contributed by atoms with Crippen LogP contribution in [0.5, 0.6) is 0 Å². The van der Waals surface area contributed by atoms with Gasteiger partial charge in [-0.1, -0.05) is 5.06 Å². The molecule has 0 saturated carbocycles. The van der Waals surface area contributed by atoms with E-state index < -0.39 is 23.8 Å². The van der Waals surface area contributed by atoms with Crippen molar-refractivity contribution in [2.45, 2.75) is 23.8 Å². The SMILES string of the molecule is CN(C)CN(C)OC(F)(N(C)C)C(F)(ON(C(N(C)C)(N(C)C)N(C)C)C(N(C)C)(N(C)C)N(C)C)N(C)C. The van der Waals surface area contributed by atoms with Crippen LogP contribution in [-0.2, 0) is 9.68 Å². The van der Waals surface area contributed by atoms with Crippen LogP contribution in [0.1, 0.15) is 0 Å². The summed E-state index contributed by atoms with van der Waals surface area (Å²) < 4.78 is 35.0. The normalized spacial score (nSPS) is 17.5. The van der Waals surface area contributed by atoms with E-state index in [0.29, 0.717) is 0 Å². The zero-order valence-electron chi connectivity index (χ0n) is 28.2. The summed E-state index contributed by atoms with van der Waals surface area (Å²) in [5.41, 5.74) is 0. The second kappa shape index (κ2) is 14.0. The minimum absolute atomic E-state index is 0.209. The molecule has 0 N–H and O–H groups in total. The Hall–Kier alpha value is -0.660. The van der Waals surface area contributed by atoms with E-state index in [1.807, 2.05) is 128 Å². The molecule has 0 aliphatic heterocycles. The summed E-state index contributed by atoms with van der Waals surface area (Å²) in [4.78, 5) is 27.3. The molecule has 2 atom stereocenters. The Kier molecular flexibility index (Phi) is 13.8. The smallest absolute Gasteiger partial charge is 0.295 e. The predicted octanol–water partition coefficient (Wildman–Crippen LogP) is -0.435. The Morgan fingerprint density at radius 2 is 0.667 bits per heavy atom. The molecule has 0 aromatic carbocycles. The first-order valence-corrected chi connectivity index (χ1v) is 12.8. The molecule has 236 valence electrons. The first kappa shape index (κ1) is 38.3. The largest absolute Gasteiger partial charge is 0.360 e. The molecule has 0 amide bonds. The van der Waals surface area contributed by atoms with E-state index in [-0.39, 0.29) is 6.67 Å². The van der Waals surface area contributed by atoms with Crippen LogP contribution in [0.4, 0.5) is 8.78 Å². The first-order chi connectivity index (χ1) is 17.4. The van der Waals surface area contributed by atoms with Crippen LogP contribution >= 0.6 is 0 Å². The van der Waals surface area contributed by atoms with Crippen LogP contribution in [-0.4, -0.2) is 219 Å². The second-order valence-corrected chi connectivity index (χ2v) is 11.8. The number of hydrogen-bond donors (Lipinski definition) is 0. The Labute approximate surface area is 237 Å². The molecule has 0 bridgehead atoms. The molecule has 39 heavy (non-hydrogen) atoms. The van der Waals surface area contributed by atoms with E-state index in [2.05, 4.69) is 0 Å². The van der Waals surface area contributed by atoms with E-state index in [9.17, 15) is 0 Å². The summed E-state index contributed by atoms with van der Waals surface area (Å²) in [6.07, 6.45) is 0. The average molecular weight is 572 g/mol. The van der Waals surface area contributed by atoms with Crippen LogP contribution < -0.4 is 0 Å². The lowest BCUT2D eigenvalue weighted by Crippen LogP contribution is -2.87. The van der Waals surface area contributed by atoms with Gasteiger partial charge >= 0.3 is 12.0 Å². The number of halogens is 2. The van der Waals surface area contributed by atoms with Crippen molar-refractivity contribution >= 4 is 0 Å². The monoisotopic (exact) mass is 571 g/mol. The Balaban J connectivity index is 7.86. The lowest BCUT2D eigenvalue weighted by atomic mass is 10.3. The molecule has 13 nitrogen and oxygen atoms in total. The van der Waals surface area contributed by atoms with Crippen LogP contribution in [0.15, 0.2) is 0 Å². The average Bonchev–Trinajstić information content (AvgIpc) is 2.71. The molecular formula is C24H59F2N11O2. The van der Waals surface area contributed by atoms with Crippen molar-refractivity contribution in [1.82, 2.24) is 54.2 Å². The highest BCUT2D eigenvalue weighted by atomic mass is 19.2. The van der Waals surface area contributed by atoms with Crippen molar-refractivity contribution in [1.29, 1.82) is 0 Å². The first-order valence-electron chi connectivity index (χ1n) is 12.8. The third-order valence-corrected chi connectivity index (χ3v) is 6.65. The molecule has 0 saturated heterocycles. The maximum atomic E-state index is 17.8. The van der Waals surface area contributed by atoms with Gasteiger partial charge in [-0.05, 0) is 127 Å². The van der Waals surface area contributed by atoms with Crippen LogP contribution in [0.3, 0.4) is 0 Å². The van der Waals surface area contributed by atoms with E-state index in [1.165, 1.54) is 38.3 Å². The van der Waals surface area contributed by atoms with Gasteiger partial charge in [0.25, 0.3) is 0 Å². The molecule has 0 aliphatic carbocycles. The van der Waals surface area contributed by atoms with Crippen LogP contribution in [0.25, 0.3) is 0 Å². The van der Waals surface area contributed by atoms with Gasteiger partial charge in [0.2, 0.25) is 11.8 Å². The van der Waals surface area contributed by atoms with Gasteiger partial charge in [-0.3, -0.25) is 34.3 Å². The van der Waals surface area contributed by atoms with Gasteiger partial charge in [0.05, 0.1) is 6.67 Å². The fourth-order valence-electron chi connectivity index (χ4n) is 5.40. The maximum absolute atomic E-state index is 17.8. The second-order valence-electron chi connectivity index (χ2n) is 11.8. The summed E-state index contributed by atoms with van der Waals surface area (Å²) in [6, 6.07) is 0. The summed E-state index contributed by atoms with van der Waals surface area (Å²) >= 11 is 0. The van der Waals surface area contributed by atoms with Gasteiger partial charge in [-0.25, -0.2) is 19.5 Å². The molecule has 15 heteroatoms. The molecule has 0 aromatic heterocycles. The molecule has 0 spiro atoms. The van der Waals surface area contributed by atoms with Gasteiger partial charge in [0.15, 0.2) is 0 Å². The molecule has 0 heterocycles. The Bertz CT molecular complexity index is 665. The summed E-state index contributed by atoms with van der Waals surface area (Å²) in [5, 5.41) is 2.70. The van der Waals surface area contributed by atoms with E-state index >= 15 is 8.78 Å². The van der Waals surface area contributed by atoms with Gasteiger partial charge in [-0.15, -0.1) is 0 Å². The minimum Gasteiger partial charge on any atom is -0.295 e. The standard InChI is InChI=1S/C24H59F2N11O2/c1-27(2)20-36(19)38-21(25,28(3)4)22(26,29(5)6)39-37(23(30(7)8,31(9)10)32(11)12)24(33(13)14,34(15)16)35(17)18/h20H2,1-19H3. The molecular weight excluding hydrogens is 512 g/mol. The maximum Gasteiger partial charge on any atom is 0.360 e. The van der Waals surface area contributed by atoms with Gasteiger partial charge < -0.3 is 0 Å². The van der Waals surface area contributed by atoms with Crippen molar-refractivity contribution in [2.75, 3.05) is 141 Å². The van der Waals surface area contributed by atoms with Crippen molar-refractivity contribution in [3.8, 4) is 0 Å². The molecule has 0 aliphatic rings. The fraction of sp³-hybridized carbons (Fsp3) is 1.00. The predicted molar refractivity (Wildman–Crippen MR) is 153 cm³/mol. The van der Waals surface area contributed by atoms with E-state index in [4.69, 9.17) is 9.68 Å². The van der Waals surface area contributed by atoms with Crippen molar-refractivity contribution in [3.05, 3.63) is 0 Å². The highest BCUT2D eigenvalue weighted by Crippen LogP contribution is 2.44. The zero-order chi connectivity index (χ0) is 31.5.